The minimum Gasteiger partial charge on any atom is -0.348 e. The van der Waals surface area contributed by atoms with Gasteiger partial charge in [0, 0.05) is 18.7 Å². The summed E-state index contributed by atoms with van der Waals surface area (Å²) in [5.41, 5.74) is 2.13. The number of thioether (sulfide) groups is 1. The highest BCUT2D eigenvalue weighted by Crippen LogP contribution is 2.45. The van der Waals surface area contributed by atoms with E-state index in [1.165, 1.54) is 36.7 Å². The molecule has 6 nitrogen and oxygen atoms in total. The van der Waals surface area contributed by atoms with E-state index in [0.29, 0.717) is 5.75 Å². The van der Waals surface area contributed by atoms with Gasteiger partial charge in [0.25, 0.3) is 0 Å². The summed E-state index contributed by atoms with van der Waals surface area (Å²) < 4.78 is 0.871. The van der Waals surface area contributed by atoms with Gasteiger partial charge in [-0.3, -0.25) is 4.79 Å². The van der Waals surface area contributed by atoms with Crippen molar-refractivity contribution in [3.63, 3.8) is 0 Å². The maximum Gasteiger partial charge on any atom is 0.233 e. The van der Waals surface area contributed by atoms with Gasteiger partial charge in [0.1, 0.15) is 5.01 Å². The average molecular weight is 364 g/mol. The second kappa shape index (κ2) is 6.48. The first-order chi connectivity index (χ1) is 11.7. The Hall–Kier alpha value is -1.41. The Kier molecular flexibility index (Phi) is 4.34. The molecule has 1 aliphatic heterocycles. The molecule has 2 aliphatic rings. The van der Waals surface area contributed by atoms with Crippen molar-refractivity contribution in [2.75, 3.05) is 12.3 Å². The van der Waals surface area contributed by atoms with Crippen molar-refractivity contribution < 1.29 is 4.79 Å². The molecular weight excluding hydrogens is 342 g/mol. The molecule has 24 heavy (non-hydrogen) atoms. The van der Waals surface area contributed by atoms with E-state index >= 15 is 0 Å². The van der Waals surface area contributed by atoms with Crippen LogP contribution in [0.3, 0.4) is 0 Å². The van der Waals surface area contributed by atoms with Crippen LogP contribution in [0.2, 0.25) is 0 Å². The molecule has 0 aromatic carbocycles. The molecule has 1 spiro atoms. The summed E-state index contributed by atoms with van der Waals surface area (Å²) in [4.78, 5) is 23.0. The van der Waals surface area contributed by atoms with E-state index in [9.17, 15) is 4.79 Å². The van der Waals surface area contributed by atoms with E-state index < -0.39 is 0 Å². The van der Waals surface area contributed by atoms with E-state index in [4.69, 9.17) is 0 Å². The molecule has 3 heterocycles. The third kappa shape index (κ3) is 2.75. The molecule has 1 fully saturated rings. The Bertz CT molecular complexity index is 734. The largest absolute Gasteiger partial charge is 0.348 e. The number of carbonyl (C=O) groups is 1. The fourth-order valence-corrected chi connectivity index (χ4v) is 5.71. The first kappa shape index (κ1) is 16.1. The van der Waals surface area contributed by atoms with Gasteiger partial charge >= 0.3 is 0 Å². The molecule has 2 aromatic heterocycles. The predicted octanol–water partition coefficient (Wildman–Crippen LogP) is 2.91. The van der Waals surface area contributed by atoms with Crippen LogP contribution < -0.4 is 0 Å². The zero-order valence-corrected chi connectivity index (χ0v) is 15.4. The zero-order valence-electron chi connectivity index (χ0n) is 13.7. The highest BCUT2D eigenvalue weighted by molar-refractivity contribution is 8.01. The molecule has 128 valence electrons. The number of carbonyl (C=O) groups excluding carboxylic acids is 1. The van der Waals surface area contributed by atoms with Crippen LogP contribution in [0.15, 0.2) is 10.7 Å². The first-order valence-corrected chi connectivity index (χ1v) is 10.3. The molecule has 0 saturated heterocycles. The van der Waals surface area contributed by atoms with Crippen LogP contribution in [0, 0.1) is 6.92 Å². The molecule has 0 atom stereocenters. The fraction of sp³-hybridized carbons (Fsp3) is 0.625. The van der Waals surface area contributed by atoms with Crippen LogP contribution in [-0.2, 0) is 16.8 Å². The lowest BCUT2D eigenvalue weighted by atomic mass is 9.75. The standard InChI is InChI=1S/C16H21N5OS2/c1-11-19-20-15(24-11)23-9-13(22)21-8-5-12-14(18-10-17-12)16(21)6-3-2-4-7-16/h10H,2-9H2,1H3,(H,17,18). The third-order valence-corrected chi connectivity index (χ3v) is 7.03. The van der Waals surface area contributed by atoms with Gasteiger partial charge < -0.3 is 9.88 Å². The predicted molar refractivity (Wildman–Crippen MR) is 94.1 cm³/mol. The monoisotopic (exact) mass is 363 g/mol. The van der Waals surface area contributed by atoms with E-state index in [2.05, 4.69) is 25.1 Å². The number of amides is 1. The lowest BCUT2D eigenvalue weighted by Crippen LogP contribution is -2.55. The van der Waals surface area contributed by atoms with Gasteiger partial charge in [-0.25, -0.2) is 4.98 Å². The van der Waals surface area contributed by atoms with Crippen LogP contribution in [0.4, 0.5) is 0 Å². The molecule has 1 aliphatic carbocycles. The smallest absolute Gasteiger partial charge is 0.233 e. The van der Waals surface area contributed by atoms with Gasteiger partial charge in [0.05, 0.1) is 23.3 Å². The maximum absolute atomic E-state index is 13.0. The normalized spacial score (nSPS) is 19.5. The number of hydrogen-bond acceptors (Lipinski definition) is 6. The second-order valence-corrected chi connectivity index (χ2v) is 8.90. The van der Waals surface area contributed by atoms with Crippen molar-refractivity contribution >= 4 is 29.0 Å². The van der Waals surface area contributed by atoms with Gasteiger partial charge in [-0.05, 0) is 19.8 Å². The summed E-state index contributed by atoms with van der Waals surface area (Å²) in [5, 5.41) is 9.07. The minimum absolute atomic E-state index is 0.194. The Morgan fingerprint density at radius 1 is 1.38 bits per heavy atom. The third-order valence-electron chi connectivity index (χ3n) is 5.07. The summed E-state index contributed by atoms with van der Waals surface area (Å²) >= 11 is 3.05. The molecule has 8 heteroatoms. The number of nitrogens with zero attached hydrogens (tertiary/aromatic N) is 4. The molecule has 4 rings (SSSR count). The Morgan fingerprint density at radius 2 is 2.21 bits per heavy atom. The number of fused-ring (bicyclic) bond motifs is 2. The number of aromatic nitrogens is 4. The quantitative estimate of drug-likeness (QED) is 0.849. The van der Waals surface area contributed by atoms with Crippen LogP contribution in [0.1, 0.15) is 48.5 Å². The maximum atomic E-state index is 13.0. The van der Waals surface area contributed by atoms with Crippen molar-refractivity contribution in [2.24, 2.45) is 0 Å². The van der Waals surface area contributed by atoms with Crippen molar-refractivity contribution in [3.05, 3.63) is 22.7 Å². The topological polar surface area (TPSA) is 74.8 Å². The first-order valence-electron chi connectivity index (χ1n) is 8.45. The highest BCUT2D eigenvalue weighted by atomic mass is 32.2. The van der Waals surface area contributed by atoms with Crippen LogP contribution >= 0.6 is 23.1 Å². The summed E-state index contributed by atoms with van der Waals surface area (Å²) in [6, 6.07) is 0. The highest BCUT2D eigenvalue weighted by Gasteiger charge is 2.47. The van der Waals surface area contributed by atoms with Crippen LogP contribution in [0.25, 0.3) is 0 Å². The lowest BCUT2D eigenvalue weighted by molar-refractivity contribution is -0.138. The minimum atomic E-state index is -0.194. The van der Waals surface area contributed by atoms with Gasteiger partial charge in [-0.2, -0.15) is 0 Å². The summed E-state index contributed by atoms with van der Waals surface area (Å²) in [6.07, 6.45) is 8.29. The zero-order chi connectivity index (χ0) is 16.6. The lowest BCUT2D eigenvalue weighted by Gasteiger charge is -2.48. The van der Waals surface area contributed by atoms with Gasteiger partial charge in [-0.1, -0.05) is 42.4 Å². The average Bonchev–Trinajstić information content (AvgIpc) is 3.23. The SMILES string of the molecule is Cc1nnc(SCC(=O)N2CCc3[nH]cnc3C23CCCCC3)s1. The summed E-state index contributed by atoms with van der Waals surface area (Å²) in [7, 11) is 0. The number of nitrogens with one attached hydrogen (secondary N) is 1. The molecule has 0 bridgehead atoms. The van der Waals surface area contributed by atoms with E-state index in [-0.39, 0.29) is 11.4 Å². The van der Waals surface area contributed by atoms with Gasteiger partial charge in [0.15, 0.2) is 4.34 Å². The number of aryl methyl sites for hydroxylation is 1. The van der Waals surface area contributed by atoms with Crippen molar-refractivity contribution in [1.29, 1.82) is 0 Å². The van der Waals surface area contributed by atoms with Crippen molar-refractivity contribution in [1.82, 2.24) is 25.1 Å². The Morgan fingerprint density at radius 3 is 2.96 bits per heavy atom. The number of H-pyrrole nitrogens is 1. The molecule has 1 saturated carbocycles. The molecule has 1 amide bonds. The fourth-order valence-electron chi connectivity index (χ4n) is 4.02. The number of aromatic amines is 1. The van der Waals surface area contributed by atoms with E-state index in [1.807, 2.05) is 6.92 Å². The van der Waals surface area contributed by atoms with Crippen molar-refractivity contribution in [3.8, 4) is 0 Å². The van der Waals surface area contributed by atoms with Crippen LogP contribution in [0.5, 0.6) is 0 Å². The molecule has 0 radical (unpaired) electrons. The Labute approximate surface area is 149 Å². The number of hydrogen-bond donors (Lipinski definition) is 1. The summed E-state index contributed by atoms with van der Waals surface area (Å²) in [5.74, 6) is 0.624. The van der Waals surface area contributed by atoms with E-state index in [0.717, 1.165) is 40.8 Å². The molecule has 2 aromatic rings. The van der Waals surface area contributed by atoms with Gasteiger partial charge in [0.2, 0.25) is 5.91 Å². The van der Waals surface area contributed by atoms with Gasteiger partial charge in [-0.15, -0.1) is 10.2 Å². The number of imidazole rings is 1. The molecule has 0 unspecified atom stereocenters. The molecular formula is C16H21N5OS2. The summed E-state index contributed by atoms with van der Waals surface area (Å²) in [6.45, 7) is 2.72. The van der Waals surface area contributed by atoms with E-state index in [1.54, 1.807) is 17.7 Å². The Balaban J connectivity index is 1.55. The van der Waals surface area contributed by atoms with Crippen molar-refractivity contribution in [2.45, 2.75) is 55.3 Å². The second-order valence-electron chi connectivity index (χ2n) is 6.49. The number of rotatable bonds is 3. The van der Waals surface area contributed by atoms with Crippen LogP contribution in [-0.4, -0.2) is 43.3 Å². The molecule has 1 N–H and O–H groups in total.